The van der Waals surface area contributed by atoms with Crippen LogP contribution < -0.4 is 9.64 Å². The van der Waals surface area contributed by atoms with Crippen LogP contribution in [0.1, 0.15) is 65.2 Å². The van der Waals surface area contributed by atoms with Gasteiger partial charge in [-0.2, -0.15) is 0 Å². The van der Waals surface area contributed by atoms with Crippen molar-refractivity contribution in [2.75, 3.05) is 18.0 Å². The second kappa shape index (κ2) is 21.4. The zero-order valence-electron chi connectivity index (χ0n) is 20.9. The molecule has 4 nitrogen and oxygen atoms in total. The van der Waals surface area contributed by atoms with Gasteiger partial charge in [-0.3, -0.25) is 9.59 Å². The van der Waals surface area contributed by atoms with Crippen LogP contribution in [0.15, 0.2) is 66.6 Å². The highest BCUT2D eigenvalue weighted by Crippen LogP contribution is 2.14. The van der Waals surface area contributed by atoms with E-state index < -0.39 is 0 Å². The Bertz CT molecular complexity index is 724. The molecule has 0 bridgehead atoms. The maximum atomic E-state index is 11.5. The summed E-state index contributed by atoms with van der Waals surface area (Å²) in [6, 6.07) is 17.1. The van der Waals surface area contributed by atoms with Gasteiger partial charge >= 0.3 is 0 Å². The van der Waals surface area contributed by atoms with Crippen LogP contribution in [-0.2, 0) is 4.79 Å². The summed E-state index contributed by atoms with van der Waals surface area (Å²) in [5.74, 6) is 2.01. The Labute approximate surface area is 197 Å². The van der Waals surface area contributed by atoms with Crippen LogP contribution >= 0.6 is 0 Å². The van der Waals surface area contributed by atoms with Gasteiger partial charge in [0.1, 0.15) is 13.6 Å². The average Bonchev–Trinajstić information content (AvgIpc) is 2.85. The summed E-state index contributed by atoms with van der Waals surface area (Å²) in [7, 11) is 4.85. The molecule has 5 heteroatoms. The zero-order valence-corrected chi connectivity index (χ0v) is 20.9. The van der Waals surface area contributed by atoms with Crippen molar-refractivity contribution in [3.63, 3.8) is 0 Å². The van der Waals surface area contributed by atoms with Crippen molar-refractivity contribution in [1.82, 2.24) is 0 Å². The molecule has 0 amide bonds. The number of carbonyl (C=O) groups is 2. The lowest BCUT2D eigenvalue weighted by molar-refractivity contribution is -0.120. The Morgan fingerprint density at radius 2 is 1.56 bits per heavy atom. The quantitative estimate of drug-likeness (QED) is 0.262. The number of ether oxygens (including phenoxy) is 1. The highest BCUT2D eigenvalue weighted by atomic mass is 16.5. The number of rotatable bonds is 8. The Hall–Kier alpha value is -2.82. The van der Waals surface area contributed by atoms with Crippen LogP contribution in [0.5, 0.6) is 5.75 Å². The first-order valence-electron chi connectivity index (χ1n) is 11.3. The standard InChI is InChI=1S/C11H17N.C11H12O3.C3H5B.C2H6/c1-3-10-12(4-2)11-8-6-5-7-9-11;1-8(2)11(13)9-3-5-10(6-4-9)14-7-12;1-2-3-4;1-2/h5-9H,3-4,10H2,1-2H3;3-8H,1-2H3;2-3H,1H3;1-2H3. The SMILES string of the molecule is CC.CC(C)C(=O)c1ccc(OC=O)cc1.CCCN(CC)c1ccccc1.[B]C=CC. The van der Waals surface area contributed by atoms with Gasteiger partial charge in [-0.05, 0) is 56.7 Å². The third-order valence-electron chi connectivity index (χ3n) is 4.04. The molecule has 0 saturated carbocycles. The van der Waals surface area contributed by atoms with Crippen molar-refractivity contribution in [2.45, 2.75) is 54.9 Å². The van der Waals surface area contributed by atoms with E-state index in [2.05, 4.69) is 53.8 Å². The second-order valence-electron chi connectivity index (χ2n) is 6.70. The number of Topliss-reactive ketones (excluding diaryl/α,β-unsaturated/α-hetero) is 1. The molecule has 2 rings (SSSR count). The van der Waals surface area contributed by atoms with Crippen LogP contribution in [0.25, 0.3) is 0 Å². The van der Waals surface area contributed by atoms with Gasteiger partial charge in [0.05, 0.1) is 0 Å². The molecule has 0 fully saturated rings. The molecular formula is C27H40BNO3. The van der Waals surface area contributed by atoms with Gasteiger partial charge in [0, 0.05) is 30.3 Å². The summed E-state index contributed by atoms with van der Waals surface area (Å²) in [6.07, 6.45) is 2.99. The number of anilines is 1. The van der Waals surface area contributed by atoms with E-state index in [1.54, 1.807) is 30.3 Å². The molecule has 2 radical (unpaired) electrons. The number of allylic oxidation sites excluding steroid dienone is 1. The van der Waals surface area contributed by atoms with E-state index in [0.717, 1.165) is 13.1 Å². The molecule has 0 atom stereocenters. The minimum Gasteiger partial charge on any atom is -0.429 e. The summed E-state index contributed by atoms with van der Waals surface area (Å²) in [5, 5.41) is 0. The molecule has 2 aromatic rings. The number of nitrogens with zero attached hydrogens (tertiary/aromatic N) is 1. The Balaban J connectivity index is 0. The molecule has 0 saturated heterocycles. The van der Waals surface area contributed by atoms with Crippen molar-refractivity contribution in [1.29, 1.82) is 0 Å². The third-order valence-corrected chi connectivity index (χ3v) is 4.04. The fourth-order valence-electron chi connectivity index (χ4n) is 2.47. The van der Waals surface area contributed by atoms with Gasteiger partial charge in [-0.25, -0.2) is 0 Å². The molecule has 0 heterocycles. The predicted octanol–water partition coefficient (Wildman–Crippen LogP) is 6.70. The van der Waals surface area contributed by atoms with Gasteiger partial charge < -0.3 is 9.64 Å². The van der Waals surface area contributed by atoms with Crippen molar-refractivity contribution >= 4 is 25.8 Å². The van der Waals surface area contributed by atoms with E-state index >= 15 is 0 Å². The number of benzene rings is 2. The van der Waals surface area contributed by atoms with Crippen molar-refractivity contribution in [3.8, 4) is 5.75 Å². The van der Waals surface area contributed by atoms with Crippen molar-refractivity contribution < 1.29 is 14.3 Å². The molecule has 0 aliphatic rings. The Kier molecular flexibility index (Phi) is 21.0. The van der Waals surface area contributed by atoms with Crippen molar-refractivity contribution in [2.24, 2.45) is 5.92 Å². The maximum absolute atomic E-state index is 11.5. The summed E-state index contributed by atoms with van der Waals surface area (Å²) >= 11 is 0. The Morgan fingerprint density at radius 3 is 1.94 bits per heavy atom. The Morgan fingerprint density at radius 1 is 1.03 bits per heavy atom. The van der Waals surface area contributed by atoms with Gasteiger partial charge in [0.15, 0.2) is 5.78 Å². The molecule has 0 spiro atoms. The smallest absolute Gasteiger partial charge is 0.298 e. The van der Waals surface area contributed by atoms with Gasteiger partial charge in [-0.1, -0.05) is 52.8 Å². The fraction of sp³-hybridized carbons (Fsp3) is 0.407. The lowest BCUT2D eigenvalue weighted by Crippen LogP contribution is -2.23. The fourth-order valence-corrected chi connectivity index (χ4v) is 2.47. The molecule has 0 aromatic heterocycles. The highest BCUT2D eigenvalue weighted by Gasteiger charge is 2.09. The van der Waals surface area contributed by atoms with E-state index in [-0.39, 0.29) is 11.7 Å². The van der Waals surface area contributed by atoms with Crippen LogP contribution in [0, 0.1) is 5.92 Å². The molecule has 2 aromatic carbocycles. The van der Waals surface area contributed by atoms with E-state index in [9.17, 15) is 9.59 Å². The van der Waals surface area contributed by atoms with Crippen LogP contribution in [0.4, 0.5) is 5.69 Å². The van der Waals surface area contributed by atoms with Crippen molar-refractivity contribution in [3.05, 3.63) is 72.2 Å². The molecule has 0 N–H and O–H groups in total. The van der Waals surface area contributed by atoms with E-state index in [4.69, 9.17) is 7.85 Å². The zero-order chi connectivity index (χ0) is 24.8. The molecule has 32 heavy (non-hydrogen) atoms. The van der Waals surface area contributed by atoms with Gasteiger partial charge in [0.25, 0.3) is 6.47 Å². The van der Waals surface area contributed by atoms with Gasteiger partial charge in [0.2, 0.25) is 0 Å². The minimum atomic E-state index is -0.0205. The number of carbonyl (C=O) groups excluding carboxylic acids is 2. The normalized spacial score (nSPS) is 9.38. The highest BCUT2D eigenvalue weighted by molar-refractivity contribution is 6.16. The number of para-hydroxylation sites is 1. The van der Waals surface area contributed by atoms with Crippen LogP contribution in [0.3, 0.4) is 0 Å². The lowest BCUT2D eigenvalue weighted by Gasteiger charge is -2.21. The second-order valence-corrected chi connectivity index (χ2v) is 6.70. The maximum Gasteiger partial charge on any atom is 0.298 e. The molecular weight excluding hydrogens is 397 g/mol. The molecule has 174 valence electrons. The van der Waals surface area contributed by atoms with Crippen LogP contribution in [0.2, 0.25) is 0 Å². The summed E-state index contributed by atoms with van der Waals surface area (Å²) in [4.78, 5) is 23.9. The number of hydrogen-bond donors (Lipinski definition) is 0. The first-order valence-corrected chi connectivity index (χ1v) is 11.3. The summed E-state index contributed by atoms with van der Waals surface area (Å²) in [5.41, 5.74) is 1.97. The number of hydrogen-bond acceptors (Lipinski definition) is 4. The third kappa shape index (κ3) is 14.2. The number of ketones is 1. The topological polar surface area (TPSA) is 46.6 Å². The minimum absolute atomic E-state index is 0.0205. The molecule has 0 aliphatic carbocycles. The van der Waals surface area contributed by atoms with E-state index in [0.29, 0.717) is 17.8 Å². The predicted molar refractivity (Wildman–Crippen MR) is 139 cm³/mol. The summed E-state index contributed by atoms with van der Waals surface area (Å²) < 4.78 is 4.61. The van der Waals surface area contributed by atoms with Crippen LogP contribution in [-0.4, -0.2) is 33.2 Å². The monoisotopic (exact) mass is 437 g/mol. The van der Waals surface area contributed by atoms with E-state index in [1.807, 2.05) is 34.6 Å². The molecule has 0 aliphatic heterocycles. The first-order chi connectivity index (χ1) is 15.4. The largest absolute Gasteiger partial charge is 0.429 e. The van der Waals surface area contributed by atoms with E-state index in [1.165, 1.54) is 18.1 Å². The van der Waals surface area contributed by atoms with Gasteiger partial charge in [-0.15, -0.1) is 12.1 Å². The average molecular weight is 437 g/mol. The lowest BCUT2D eigenvalue weighted by atomic mass is 10.0. The summed E-state index contributed by atoms with van der Waals surface area (Å²) in [6.45, 7) is 16.6. The first kappa shape index (κ1) is 31.4. The molecule has 0 unspecified atom stereocenters.